The number of thiophene rings is 1. The summed E-state index contributed by atoms with van der Waals surface area (Å²) in [5.41, 5.74) is 6.66. The normalized spacial score (nSPS) is 14.7. The van der Waals surface area contributed by atoms with E-state index in [1.54, 1.807) is 31.2 Å². The maximum absolute atomic E-state index is 12.4. The van der Waals surface area contributed by atoms with E-state index in [1.165, 1.54) is 41.5 Å². The summed E-state index contributed by atoms with van der Waals surface area (Å²) in [7, 11) is 0. The Balaban J connectivity index is 1.54. The minimum atomic E-state index is -0.832. The summed E-state index contributed by atoms with van der Waals surface area (Å²) >= 11 is 1.51. The minimum absolute atomic E-state index is 0.0788. The Bertz CT molecular complexity index is 880. The van der Waals surface area contributed by atoms with Gasteiger partial charge in [-0.2, -0.15) is 0 Å². The third kappa shape index (κ3) is 5.67. The molecular weight excluding hydrogens is 388 g/mol. The van der Waals surface area contributed by atoms with Gasteiger partial charge in [0.05, 0.1) is 4.88 Å². The maximum atomic E-state index is 12.4. The Labute approximate surface area is 174 Å². The molecule has 1 unspecified atom stereocenters. The molecule has 2 amide bonds. The first-order valence-corrected chi connectivity index (χ1v) is 10.7. The Morgan fingerprint density at radius 1 is 1.03 bits per heavy atom. The van der Waals surface area contributed by atoms with Crippen molar-refractivity contribution >= 4 is 28.9 Å². The van der Waals surface area contributed by atoms with Gasteiger partial charge in [0.2, 0.25) is 0 Å². The largest absolute Gasteiger partial charge is 0.481 e. The molecule has 1 aliphatic carbocycles. The minimum Gasteiger partial charge on any atom is -0.481 e. The molecular formula is C22H26N2O4S. The Kier molecular flexibility index (Phi) is 7.04. The van der Waals surface area contributed by atoms with Crippen molar-refractivity contribution in [3.8, 4) is 5.75 Å². The van der Waals surface area contributed by atoms with Gasteiger partial charge in [0, 0.05) is 10.4 Å². The summed E-state index contributed by atoms with van der Waals surface area (Å²) in [5.74, 6) is -0.447. The molecule has 0 saturated heterocycles. The molecule has 2 N–H and O–H groups in total. The van der Waals surface area contributed by atoms with Crippen LogP contribution in [0.2, 0.25) is 0 Å². The van der Waals surface area contributed by atoms with Crippen molar-refractivity contribution in [1.29, 1.82) is 0 Å². The number of ketones is 1. The average Bonchev–Trinajstić information content (AvgIpc) is 3.08. The molecule has 1 aromatic heterocycles. The Hall–Kier alpha value is -2.67. The van der Waals surface area contributed by atoms with Crippen molar-refractivity contribution in [1.82, 2.24) is 10.9 Å². The molecule has 1 atom stereocenters. The van der Waals surface area contributed by atoms with Crippen molar-refractivity contribution in [2.45, 2.75) is 58.5 Å². The molecule has 1 heterocycles. The van der Waals surface area contributed by atoms with Gasteiger partial charge < -0.3 is 4.74 Å². The molecule has 0 aliphatic heterocycles. The summed E-state index contributed by atoms with van der Waals surface area (Å²) in [6.07, 6.45) is 5.98. The number of carbonyl (C=O) groups is 3. The van der Waals surface area contributed by atoms with Crippen LogP contribution in [0.5, 0.6) is 5.75 Å². The number of carbonyl (C=O) groups excluding carboxylic acids is 3. The number of rotatable bonds is 5. The number of nitrogens with one attached hydrogen (secondary N) is 2. The van der Waals surface area contributed by atoms with Crippen LogP contribution in [0.4, 0.5) is 0 Å². The number of fused-ring (bicyclic) bond motifs is 1. The molecule has 6 nitrogen and oxygen atoms in total. The quantitative estimate of drug-likeness (QED) is 0.575. The van der Waals surface area contributed by atoms with Crippen LogP contribution in [0.25, 0.3) is 0 Å². The van der Waals surface area contributed by atoms with E-state index in [2.05, 4.69) is 10.9 Å². The molecule has 154 valence electrons. The fourth-order valence-corrected chi connectivity index (χ4v) is 4.43. The lowest BCUT2D eigenvalue weighted by molar-refractivity contribution is -0.128. The SMILES string of the molecule is CC(=O)c1cccc(OC(C)C(=O)NNC(=O)c2cc3c(s2)CCCCCC3)c1. The summed E-state index contributed by atoms with van der Waals surface area (Å²) in [6, 6.07) is 8.59. The van der Waals surface area contributed by atoms with Gasteiger partial charge in [-0.1, -0.05) is 25.0 Å². The Morgan fingerprint density at radius 3 is 2.55 bits per heavy atom. The van der Waals surface area contributed by atoms with Crippen LogP contribution in [0.3, 0.4) is 0 Å². The van der Waals surface area contributed by atoms with Gasteiger partial charge in [0.1, 0.15) is 5.75 Å². The van der Waals surface area contributed by atoms with Crippen molar-refractivity contribution in [2.24, 2.45) is 0 Å². The van der Waals surface area contributed by atoms with E-state index >= 15 is 0 Å². The molecule has 0 spiro atoms. The number of amides is 2. The summed E-state index contributed by atoms with van der Waals surface area (Å²) in [6.45, 7) is 3.05. The standard InChI is InChI=1S/C22H26N2O4S/c1-14(25)16-9-7-10-18(12-16)28-15(2)21(26)23-24-22(27)20-13-17-8-5-3-4-6-11-19(17)29-20/h7,9-10,12-13,15H,3-6,8,11H2,1-2H3,(H,23,26)(H,24,27). The van der Waals surface area contributed by atoms with Crippen LogP contribution in [0.1, 0.15) is 70.0 Å². The smallest absolute Gasteiger partial charge is 0.279 e. The van der Waals surface area contributed by atoms with Crippen LogP contribution in [0.15, 0.2) is 30.3 Å². The zero-order valence-electron chi connectivity index (χ0n) is 16.7. The summed E-state index contributed by atoms with van der Waals surface area (Å²) < 4.78 is 5.59. The van der Waals surface area contributed by atoms with Gasteiger partial charge in [-0.05, 0) is 63.3 Å². The summed E-state index contributed by atoms with van der Waals surface area (Å²) in [4.78, 5) is 38.1. The second-order valence-corrected chi connectivity index (χ2v) is 8.40. The zero-order chi connectivity index (χ0) is 20.8. The third-order valence-corrected chi connectivity index (χ3v) is 6.18. The highest BCUT2D eigenvalue weighted by atomic mass is 32.1. The highest BCUT2D eigenvalue weighted by Crippen LogP contribution is 2.28. The zero-order valence-corrected chi connectivity index (χ0v) is 17.6. The molecule has 0 saturated carbocycles. The van der Waals surface area contributed by atoms with Crippen LogP contribution in [-0.4, -0.2) is 23.7 Å². The van der Waals surface area contributed by atoms with Gasteiger partial charge in [0.25, 0.3) is 11.8 Å². The van der Waals surface area contributed by atoms with Crippen molar-refractivity contribution in [2.75, 3.05) is 0 Å². The van der Waals surface area contributed by atoms with Crippen LogP contribution < -0.4 is 15.6 Å². The molecule has 0 bridgehead atoms. The first-order valence-electron chi connectivity index (χ1n) is 9.93. The van der Waals surface area contributed by atoms with Gasteiger partial charge in [0.15, 0.2) is 11.9 Å². The number of hydrogen-bond acceptors (Lipinski definition) is 5. The monoisotopic (exact) mass is 414 g/mol. The first-order chi connectivity index (χ1) is 13.9. The van der Waals surface area contributed by atoms with E-state index < -0.39 is 12.0 Å². The van der Waals surface area contributed by atoms with Crippen LogP contribution in [0, 0.1) is 0 Å². The maximum Gasteiger partial charge on any atom is 0.279 e. The number of hydrogen-bond donors (Lipinski definition) is 2. The number of hydrazine groups is 1. The fraction of sp³-hybridized carbons (Fsp3) is 0.409. The van der Waals surface area contributed by atoms with Crippen molar-refractivity contribution < 1.29 is 19.1 Å². The number of benzene rings is 1. The fourth-order valence-electron chi connectivity index (χ4n) is 3.28. The number of aryl methyl sites for hydroxylation is 2. The van der Waals surface area contributed by atoms with E-state index in [1.807, 2.05) is 6.07 Å². The number of Topliss-reactive ketones (excluding diaryl/α,β-unsaturated/α-hetero) is 1. The van der Waals surface area contributed by atoms with Crippen LogP contribution >= 0.6 is 11.3 Å². The molecule has 2 aromatic rings. The van der Waals surface area contributed by atoms with Gasteiger partial charge in [-0.15, -0.1) is 11.3 Å². The lowest BCUT2D eigenvalue weighted by Crippen LogP contribution is -2.47. The lowest BCUT2D eigenvalue weighted by atomic mass is 10.00. The molecule has 1 aromatic carbocycles. The second-order valence-electron chi connectivity index (χ2n) is 7.26. The van der Waals surface area contributed by atoms with E-state index in [9.17, 15) is 14.4 Å². The first kappa shape index (κ1) is 21.0. The van der Waals surface area contributed by atoms with Crippen LogP contribution in [-0.2, 0) is 17.6 Å². The predicted molar refractivity (Wildman–Crippen MR) is 112 cm³/mol. The van der Waals surface area contributed by atoms with Crippen molar-refractivity contribution in [3.05, 3.63) is 51.2 Å². The molecule has 0 fully saturated rings. The highest BCUT2D eigenvalue weighted by Gasteiger charge is 2.19. The molecule has 29 heavy (non-hydrogen) atoms. The predicted octanol–water partition coefficient (Wildman–Crippen LogP) is 3.84. The van der Waals surface area contributed by atoms with E-state index in [4.69, 9.17) is 4.74 Å². The molecule has 3 rings (SSSR count). The topological polar surface area (TPSA) is 84.5 Å². The third-order valence-electron chi connectivity index (χ3n) is 4.94. The molecule has 1 aliphatic rings. The highest BCUT2D eigenvalue weighted by molar-refractivity contribution is 7.14. The van der Waals surface area contributed by atoms with Crippen molar-refractivity contribution in [3.63, 3.8) is 0 Å². The molecule has 0 radical (unpaired) electrons. The van der Waals surface area contributed by atoms with E-state index in [-0.39, 0.29) is 11.7 Å². The molecule has 7 heteroatoms. The number of ether oxygens (including phenoxy) is 1. The Morgan fingerprint density at radius 2 is 1.79 bits per heavy atom. The average molecular weight is 415 g/mol. The van der Waals surface area contributed by atoms with Gasteiger partial charge in [-0.3, -0.25) is 25.2 Å². The second kappa shape index (κ2) is 9.69. The van der Waals surface area contributed by atoms with E-state index in [0.717, 1.165) is 25.7 Å². The lowest BCUT2D eigenvalue weighted by Gasteiger charge is -2.15. The van der Waals surface area contributed by atoms with E-state index in [0.29, 0.717) is 16.2 Å². The summed E-state index contributed by atoms with van der Waals surface area (Å²) in [5, 5.41) is 0. The van der Waals surface area contributed by atoms with Gasteiger partial charge in [-0.25, -0.2) is 0 Å². The van der Waals surface area contributed by atoms with Gasteiger partial charge >= 0.3 is 0 Å².